The Morgan fingerprint density at radius 2 is 1.83 bits per heavy atom. The molecule has 9 heteroatoms. The Balaban J connectivity index is 1.69. The first-order chi connectivity index (χ1) is 14.4. The van der Waals surface area contributed by atoms with Gasteiger partial charge in [0.05, 0.1) is 21.9 Å². The Kier molecular flexibility index (Phi) is 5.65. The van der Waals surface area contributed by atoms with Gasteiger partial charge in [-0.2, -0.15) is 5.10 Å². The predicted octanol–water partition coefficient (Wildman–Crippen LogP) is 6.00. The van der Waals surface area contributed by atoms with Gasteiger partial charge in [0.25, 0.3) is 6.43 Å². The first-order valence-electron chi connectivity index (χ1n) is 8.77. The number of fused-ring (bicyclic) bond motifs is 1. The van der Waals surface area contributed by atoms with Crippen LogP contribution < -0.4 is 0 Å². The fourth-order valence-electron chi connectivity index (χ4n) is 2.90. The minimum Gasteiger partial charge on any atom is -0.457 e. The summed E-state index contributed by atoms with van der Waals surface area (Å²) >= 11 is 11.8. The van der Waals surface area contributed by atoms with Gasteiger partial charge in [0.2, 0.25) is 0 Å². The van der Waals surface area contributed by atoms with E-state index in [1.165, 1.54) is 12.3 Å². The molecule has 4 aromatic rings. The molecule has 0 saturated carbocycles. The van der Waals surface area contributed by atoms with Crippen molar-refractivity contribution < 1.29 is 18.3 Å². The van der Waals surface area contributed by atoms with Gasteiger partial charge >= 0.3 is 5.97 Å². The monoisotopic (exact) mass is 447 g/mol. The molecule has 0 atom stereocenters. The number of benzene rings is 2. The highest BCUT2D eigenvalue weighted by atomic mass is 35.5. The summed E-state index contributed by atoms with van der Waals surface area (Å²) in [7, 11) is 0. The van der Waals surface area contributed by atoms with Crippen molar-refractivity contribution in [3.8, 4) is 11.3 Å². The molecule has 5 nitrogen and oxygen atoms in total. The number of esters is 1. The van der Waals surface area contributed by atoms with Crippen LogP contribution in [0.25, 0.3) is 16.9 Å². The molecule has 30 heavy (non-hydrogen) atoms. The van der Waals surface area contributed by atoms with Gasteiger partial charge in [0.1, 0.15) is 17.9 Å². The first-order valence-corrected chi connectivity index (χ1v) is 9.53. The lowest BCUT2D eigenvalue weighted by atomic mass is 10.1. The number of alkyl halides is 2. The van der Waals surface area contributed by atoms with Crippen molar-refractivity contribution in [1.29, 1.82) is 0 Å². The van der Waals surface area contributed by atoms with Crippen LogP contribution in [0.1, 0.15) is 28.0 Å². The number of carbonyl (C=O) groups excluding carboxylic acids is 1. The van der Waals surface area contributed by atoms with Crippen LogP contribution in [0.2, 0.25) is 10.0 Å². The summed E-state index contributed by atoms with van der Waals surface area (Å²) in [4.78, 5) is 17.0. The Hall–Kier alpha value is -3.03. The maximum Gasteiger partial charge on any atom is 0.343 e. The van der Waals surface area contributed by atoms with Gasteiger partial charge in [-0.05, 0) is 23.8 Å². The summed E-state index contributed by atoms with van der Waals surface area (Å²) in [5.74, 6) is -0.742. The molecular formula is C21H13Cl2F2N3O2. The van der Waals surface area contributed by atoms with Gasteiger partial charge in [-0.1, -0.05) is 59.6 Å². The summed E-state index contributed by atoms with van der Waals surface area (Å²) in [6.45, 7) is -0.0762. The van der Waals surface area contributed by atoms with E-state index in [-0.39, 0.29) is 23.5 Å². The molecule has 4 rings (SSSR count). The van der Waals surface area contributed by atoms with E-state index in [1.54, 1.807) is 48.5 Å². The fraction of sp³-hybridized carbons (Fsp3) is 0.0952. The summed E-state index contributed by atoms with van der Waals surface area (Å²) in [5, 5.41) is 4.62. The van der Waals surface area contributed by atoms with Crippen molar-refractivity contribution in [2.45, 2.75) is 13.0 Å². The molecule has 0 bridgehead atoms. The molecule has 0 N–H and O–H groups in total. The maximum atomic E-state index is 13.6. The minimum absolute atomic E-state index is 0.00853. The zero-order valence-electron chi connectivity index (χ0n) is 15.2. The van der Waals surface area contributed by atoms with Crippen LogP contribution in [0, 0.1) is 0 Å². The second-order valence-corrected chi connectivity index (χ2v) is 7.17. The molecule has 0 amide bonds. The number of aromatic nitrogens is 3. The molecular weight excluding hydrogens is 435 g/mol. The molecule has 0 fully saturated rings. The number of nitrogens with zero attached hydrogens (tertiary/aromatic N) is 3. The number of hydrogen-bond donors (Lipinski definition) is 0. The van der Waals surface area contributed by atoms with Crippen LogP contribution >= 0.6 is 23.2 Å². The van der Waals surface area contributed by atoms with E-state index >= 15 is 0 Å². The Morgan fingerprint density at radius 3 is 2.53 bits per heavy atom. The quantitative estimate of drug-likeness (QED) is 0.352. The Labute approximate surface area is 179 Å². The van der Waals surface area contributed by atoms with Crippen LogP contribution in [0.4, 0.5) is 8.78 Å². The first kappa shape index (κ1) is 20.3. The second-order valence-electron chi connectivity index (χ2n) is 6.35. The van der Waals surface area contributed by atoms with Crippen molar-refractivity contribution in [3.05, 3.63) is 87.7 Å². The highest BCUT2D eigenvalue weighted by molar-refractivity contribution is 6.42. The van der Waals surface area contributed by atoms with E-state index in [2.05, 4.69) is 10.1 Å². The topological polar surface area (TPSA) is 56.5 Å². The van der Waals surface area contributed by atoms with Crippen LogP contribution in [0.15, 0.2) is 60.8 Å². The van der Waals surface area contributed by atoms with E-state index in [1.807, 2.05) is 0 Å². The van der Waals surface area contributed by atoms with Gasteiger partial charge in [0, 0.05) is 5.56 Å². The van der Waals surface area contributed by atoms with Gasteiger partial charge in [0.15, 0.2) is 5.65 Å². The molecule has 0 unspecified atom stereocenters. The lowest BCUT2D eigenvalue weighted by Gasteiger charge is -2.09. The van der Waals surface area contributed by atoms with Crippen molar-refractivity contribution >= 4 is 34.8 Å². The van der Waals surface area contributed by atoms with Gasteiger partial charge in [-0.25, -0.2) is 23.1 Å². The molecule has 0 aliphatic heterocycles. The van der Waals surface area contributed by atoms with E-state index in [9.17, 15) is 13.6 Å². The standard InChI is InChI=1S/C21H13Cl2F2N3O2/c22-15-7-6-12(8-16(15)23)11-30-21(29)14-10-26-28-18(19(24)25)9-17(27-20(14)28)13-4-2-1-3-5-13/h1-10,19H,11H2. The highest BCUT2D eigenvalue weighted by Crippen LogP contribution is 2.27. The van der Waals surface area contributed by atoms with Crippen LogP contribution in [0.5, 0.6) is 0 Å². The lowest BCUT2D eigenvalue weighted by molar-refractivity contribution is 0.0474. The van der Waals surface area contributed by atoms with E-state index in [0.29, 0.717) is 26.9 Å². The molecule has 0 aliphatic rings. The smallest absolute Gasteiger partial charge is 0.343 e. The highest BCUT2D eigenvalue weighted by Gasteiger charge is 2.22. The maximum absolute atomic E-state index is 13.6. The number of ether oxygens (including phenoxy) is 1. The summed E-state index contributed by atoms with van der Waals surface area (Å²) < 4.78 is 33.5. The molecule has 2 aromatic heterocycles. The van der Waals surface area contributed by atoms with E-state index < -0.39 is 12.4 Å². The third kappa shape index (κ3) is 3.99. The molecule has 0 spiro atoms. The zero-order chi connectivity index (χ0) is 21.3. The molecule has 2 heterocycles. The second kappa shape index (κ2) is 8.38. The molecule has 0 saturated heterocycles. The predicted molar refractivity (Wildman–Crippen MR) is 109 cm³/mol. The Morgan fingerprint density at radius 1 is 1.07 bits per heavy atom. The molecule has 0 aliphatic carbocycles. The largest absolute Gasteiger partial charge is 0.457 e. The molecule has 152 valence electrons. The number of hydrogen-bond acceptors (Lipinski definition) is 4. The van der Waals surface area contributed by atoms with Crippen molar-refractivity contribution in [1.82, 2.24) is 14.6 Å². The van der Waals surface area contributed by atoms with Gasteiger partial charge in [-0.3, -0.25) is 0 Å². The molecule has 0 radical (unpaired) electrons. The number of carbonyl (C=O) groups is 1. The van der Waals surface area contributed by atoms with Crippen LogP contribution in [0.3, 0.4) is 0 Å². The van der Waals surface area contributed by atoms with Crippen LogP contribution in [-0.4, -0.2) is 20.6 Å². The minimum atomic E-state index is -2.81. The van der Waals surface area contributed by atoms with E-state index in [4.69, 9.17) is 27.9 Å². The lowest BCUT2D eigenvalue weighted by Crippen LogP contribution is -2.08. The van der Waals surface area contributed by atoms with Crippen LogP contribution in [-0.2, 0) is 11.3 Å². The normalized spacial score (nSPS) is 11.2. The number of rotatable bonds is 5. The van der Waals surface area contributed by atoms with E-state index in [0.717, 1.165) is 4.52 Å². The average molecular weight is 448 g/mol. The fourth-order valence-corrected chi connectivity index (χ4v) is 3.22. The molecule has 2 aromatic carbocycles. The average Bonchev–Trinajstić information content (AvgIpc) is 3.18. The zero-order valence-corrected chi connectivity index (χ0v) is 16.7. The summed E-state index contributed by atoms with van der Waals surface area (Å²) in [6, 6.07) is 14.9. The summed E-state index contributed by atoms with van der Waals surface area (Å²) in [6.07, 6.45) is -1.64. The third-order valence-corrected chi connectivity index (χ3v) is 5.11. The SMILES string of the molecule is O=C(OCc1ccc(Cl)c(Cl)c1)c1cnn2c(C(F)F)cc(-c3ccccc3)nc12. The third-order valence-electron chi connectivity index (χ3n) is 4.37. The van der Waals surface area contributed by atoms with Gasteiger partial charge in [-0.15, -0.1) is 0 Å². The van der Waals surface area contributed by atoms with Crippen molar-refractivity contribution in [2.24, 2.45) is 0 Å². The van der Waals surface area contributed by atoms with Gasteiger partial charge < -0.3 is 4.74 Å². The number of halogens is 4. The Bertz CT molecular complexity index is 1230. The van der Waals surface area contributed by atoms with Crippen molar-refractivity contribution in [2.75, 3.05) is 0 Å². The summed E-state index contributed by atoms with van der Waals surface area (Å²) in [5.41, 5.74) is 1.17. The van der Waals surface area contributed by atoms with Crippen molar-refractivity contribution in [3.63, 3.8) is 0 Å².